The highest BCUT2D eigenvalue weighted by Crippen LogP contribution is 2.24. The van der Waals surface area contributed by atoms with Crippen LogP contribution in [0.5, 0.6) is 5.75 Å². The lowest BCUT2D eigenvalue weighted by atomic mass is 10.1. The van der Waals surface area contributed by atoms with Crippen LogP contribution in [0, 0.1) is 0 Å². The average Bonchev–Trinajstić information content (AvgIpc) is 2.16. The van der Waals surface area contributed by atoms with E-state index in [9.17, 15) is 4.79 Å². The molecule has 0 spiro atoms. The molecule has 0 aliphatic carbocycles. The molecule has 1 rings (SSSR count). The van der Waals surface area contributed by atoms with Crippen LogP contribution >= 0.6 is 11.6 Å². The Bertz CT molecular complexity index is 368. The summed E-state index contributed by atoms with van der Waals surface area (Å²) in [5.74, 6) is -0.702. The Hall–Kier alpha value is -1.24. The zero-order chi connectivity index (χ0) is 11.4. The van der Waals surface area contributed by atoms with Crippen molar-refractivity contribution >= 4 is 24.9 Å². The van der Waals surface area contributed by atoms with Crippen molar-refractivity contribution in [2.75, 3.05) is 7.11 Å². The molecule has 0 heterocycles. The van der Waals surface area contributed by atoms with Gasteiger partial charge in [0.25, 0.3) is 0 Å². The topological polar surface area (TPSA) is 76.0 Å². The highest BCUT2D eigenvalue weighted by Gasteiger charge is 2.18. The summed E-state index contributed by atoms with van der Waals surface area (Å²) < 4.78 is 9.05. The average molecular weight is 230 g/mol. The van der Waals surface area contributed by atoms with Gasteiger partial charge in [0, 0.05) is 5.02 Å². The van der Waals surface area contributed by atoms with Crippen LogP contribution in [0.1, 0.15) is 10.4 Å². The van der Waals surface area contributed by atoms with Crippen molar-refractivity contribution < 1.29 is 24.2 Å². The van der Waals surface area contributed by atoms with Gasteiger partial charge < -0.3 is 19.4 Å². The Morgan fingerprint density at radius 2 is 2.13 bits per heavy atom. The van der Waals surface area contributed by atoms with Gasteiger partial charge in [0.1, 0.15) is 5.75 Å². The Balaban J connectivity index is 3.08. The number of halogens is 1. The monoisotopic (exact) mass is 230 g/mol. The summed E-state index contributed by atoms with van der Waals surface area (Å²) >= 11 is 5.65. The number of rotatable bonds is 3. The lowest BCUT2D eigenvalue weighted by Gasteiger charge is -2.09. The van der Waals surface area contributed by atoms with Gasteiger partial charge in [-0.25, -0.2) is 4.79 Å². The first-order chi connectivity index (χ1) is 7.04. The Labute approximate surface area is 91.4 Å². The fourth-order valence-corrected chi connectivity index (χ4v) is 1.15. The molecule has 0 fully saturated rings. The summed E-state index contributed by atoms with van der Waals surface area (Å²) in [6, 6.07) is 4.11. The highest BCUT2D eigenvalue weighted by molar-refractivity contribution is 6.34. The maximum absolute atomic E-state index is 11.2. The van der Waals surface area contributed by atoms with Crippen LogP contribution in [0.4, 0.5) is 0 Å². The third kappa shape index (κ3) is 3.12. The number of ether oxygens (including phenoxy) is 1. The van der Waals surface area contributed by atoms with Gasteiger partial charge in [-0.2, -0.15) is 0 Å². The number of benzene rings is 1. The molecule has 80 valence electrons. The van der Waals surface area contributed by atoms with Gasteiger partial charge in [-0.3, -0.25) is 0 Å². The number of hydrogen-bond donors (Lipinski definition) is 2. The van der Waals surface area contributed by atoms with Crippen LogP contribution in [0.3, 0.4) is 0 Å². The van der Waals surface area contributed by atoms with E-state index in [1.54, 1.807) is 0 Å². The van der Waals surface area contributed by atoms with Crippen LogP contribution < -0.4 is 4.65 Å². The van der Waals surface area contributed by atoms with Gasteiger partial charge in [-0.15, -0.1) is 0 Å². The van der Waals surface area contributed by atoms with Crippen LogP contribution in [0.15, 0.2) is 18.2 Å². The molecule has 15 heavy (non-hydrogen) atoms. The molecule has 0 unspecified atom stereocenters. The fourth-order valence-electron chi connectivity index (χ4n) is 0.986. The van der Waals surface area contributed by atoms with E-state index in [2.05, 4.69) is 9.39 Å². The van der Waals surface area contributed by atoms with Crippen molar-refractivity contribution in [3.05, 3.63) is 28.8 Å². The third-order valence-electron chi connectivity index (χ3n) is 1.58. The minimum Gasteiger partial charge on any atom is -0.511 e. The minimum absolute atomic E-state index is 0.0515. The standard InChI is InChI=1S/C8H8BClO5/c1-14-8(11)6-3-2-5(10)4-7(6)15-9(12)13/h2-4,12-13H,1H3. The van der Waals surface area contributed by atoms with E-state index >= 15 is 0 Å². The highest BCUT2D eigenvalue weighted by atomic mass is 35.5. The third-order valence-corrected chi connectivity index (χ3v) is 1.82. The first-order valence-electron chi connectivity index (χ1n) is 3.95. The molecule has 0 saturated carbocycles. The summed E-state index contributed by atoms with van der Waals surface area (Å²) in [7, 11) is -0.817. The van der Waals surface area contributed by atoms with Gasteiger partial charge in [-0.05, 0) is 18.2 Å². The summed E-state index contributed by atoms with van der Waals surface area (Å²) in [5, 5.41) is 17.5. The van der Waals surface area contributed by atoms with Crippen molar-refractivity contribution in [3.63, 3.8) is 0 Å². The normalized spacial score (nSPS) is 9.60. The predicted octanol–water partition coefficient (Wildman–Crippen LogP) is 0.475. The maximum Gasteiger partial charge on any atom is 0.707 e. The van der Waals surface area contributed by atoms with E-state index in [1.165, 1.54) is 25.3 Å². The molecule has 0 radical (unpaired) electrons. The molecule has 0 aliphatic rings. The number of esters is 1. The van der Waals surface area contributed by atoms with Gasteiger partial charge in [0.05, 0.1) is 12.7 Å². The van der Waals surface area contributed by atoms with E-state index in [0.717, 1.165) is 0 Å². The van der Waals surface area contributed by atoms with Crippen LogP contribution in [0.25, 0.3) is 0 Å². The first kappa shape index (κ1) is 11.8. The molecule has 7 heteroatoms. The van der Waals surface area contributed by atoms with Crippen molar-refractivity contribution in [1.29, 1.82) is 0 Å². The largest absolute Gasteiger partial charge is 0.707 e. The second-order valence-electron chi connectivity index (χ2n) is 2.58. The Morgan fingerprint density at radius 3 is 2.67 bits per heavy atom. The number of carbonyl (C=O) groups is 1. The molecule has 2 N–H and O–H groups in total. The number of carbonyl (C=O) groups excluding carboxylic acids is 1. The Kier molecular flexibility index (Phi) is 3.96. The molecule has 0 aliphatic heterocycles. The van der Waals surface area contributed by atoms with Crippen molar-refractivity contribution in [2.45, 2.75) is 0 Å². The lowest BCUT2D eigenvalue weighted by Crippen LogP contribution is -2.22. The van der Waals surface area contributed by atoms with Crippen LogP contribution in [0.2, 0.25) is 5.02 Å². The quantitative estimate of drug-likeness (QED) is 0.583. The minimum atomic E-state index is -2.02. The summed E-state index contributed by atoms with van der Waals surface area (Å²) in [6.45, 7) is 0. The second kappa shape index (κ2) is 5.02. The van der Waals surface area contributed by atoms with E-state index in [0.29, 0.717) is 5.02 Å². The molecule has 5 nitrogen and oxygen atoms in total. The number of hydrogen-bond acceptors (Lipinski definition) is 5. The summed E-state index contributed by atoms with van der Waals surface area (Å²) in [4.78, 5) is 11.2. The SMILES string of the molecule is COC(=O)c1ccc(Cl)cc1OB(O)O. The predicted molar refractivity (Wildman–Crippen MR) is 53.6 cm³/mol. The van der Waals surface area contributed by atoms with Crippen molar-refractivity contribution in [2.24, 2.45) is 0 Å². The summed E-state index contributed by atoms with van der Waals surface area (Å²) in [5.41, 5.74) is 0.0648. The van der Waals surface area contributed by atoms with Crippen LogP contribution in [-0.2, 0) is 4.74 Å². The van der Waals surface area contributed by atoms with Crippen molar-refractivity contribution in [3.8, 4) is 5.75 Å². The second-order valence-corrected chi connectivity index (χ2v) is 3.01. The van der Waals surface area contributed by atoms with Crippen molar-refractivity contribution in [1.82, 2.24) is 0 Å². The van der Waals surface area contributed by atoms with Gasteiger partial charge in [0.2, 0.25) is 0 Å². The fraction of sp³-hybridized carbons (Fsp3) is 0.125. The molecular formula is C8H8BClO5. The number of methoxy groups -OCH3 is 1. The zero-order valence-corrected chi connectivity index (χ0v) is 8.56. The van der Waals surface area contributed by atoms with E-state index in [4.69, 9.17) is 21.6 Å². The van der Waals surface area contributed by atoms with Gasteiger partial charge >= 0.3 is 13.3 Å². The Morgan fingerprint density at radius 1 is 1.47 bits per heavy atom. The maximum atomic E-state index is 11.2. The van der Waals surface area contributed by atoms with Gasteiger partial charge in [-0.1, -0.05) is 11.6 Å². The molecule has 0 bridgehead atoms. The molecule has 0 aromatic heterocycles. The molecule has 0 atom stereocenters. The van der Waals surface area contributed by atoms with E-state index in [1.807, 2.05) is 0 Å². The smallest absolute Gasteiger partial charge is 0.511 e. The van der Waals surface area contributed by atoms with Crippen LogP contribution in [-0.4, -0.2) is 30.4 Å². The molecule has 1 aromatic rings. The lowest BCUT2D eigenvalue weighted by molar-refractivity contribution is 0.0598. The molecule has 0 saturated heterocycles. The van der Waals surface area contributed by atoms with E-state index < -0.39 is 13.3 Å². The molecule has 1 aromatic carbocycles. The first-order valence-corrected chi connectivity index (χ1v) is 4.33. The van der Waals surface area contributed by atoms with Gasteiger partial charge in [0.15, 0.2) is 0 Å². The summed E-state index contributed by atoms with van der Waals surface area (Å²) in [6.07, 6.45) is 0. The molecule has 0 amide bonds. The zero-order valence-electron chi connectivity index (χ0n) is 7.81. The van der Waals surface area contributed by atoms with E-state index in [-0.39, 0.29) is 11.3 Å². The molecular weight excluding hydrogens is 222 g/mol.